The zero-order valence-corrected chi connectivity index (χ0v) is 11.3. The van der Waals surface area contributed by atoms with Crippen molar-refractivity contribution in [1.82, 2.24) is 0 Å². The van der Waals surface area contributed by atoms with Gasteiger partial charge in [-0.3, -0.25) is 9.59 Å². The van der Waals surface area contributed by atoms with Crippen LogP contribution < -0.4 is 4.90 Å². The van der Waals surface area contributed by atoms with Crippen LogP contribution in [0.4, 0.5) is 5.69 Å². The van der Waals surface area contributed by atoms with Crippen molar-refractivity contribution in [1.29, 1.82) is 0 Å². The Kier molecular flexibility index (Phi) is 4.89. The molecule has 0 aliphatic rings. The van der Waals surface area contributed by atoms with Crippen LogP contribution in [0, 0.1) is 13.8 Å². The average Bonchev–Trinajstić information content (AvgIpc) is 2.28. The Morgan fingerprint density at radius 1 is 1.28 bits per heavy atom. The van der Waals surface area contributed by atoms with Gasteiger partial charge in [0.1, 0.15) is 6.42 Å². The van der Waals surface area contributed by atoms with E-state index in [1.807, 2.05) is 32.0 Å². The number of aryl methyl sites for hydroxylation is 2. The van der Waals surface area contributed by atoms with E-state index in [1.165, 1.54) is 4.90 Å². The molecule has 0 unspecified atom stereocenters. The Morgan fingerprint density at radius 2 is 1.94 bits per heavy atom. The van der Waals surface area contributed by atoms with Crippen LogP contribution in [-0.2, 0) is 14.3 Å². The fraction of sp³-hybridized carbons (Fsp3) is 0.429. The normalized spacial score (nSPS) is 10.0. The summed E-state index contributed by atoms with van der Waals surface area (Å²) in [7, 11) is 1.67. The molecule has 98 valence electrons. The van der Waals surface area contributed by atoms with Gasteiger partial charge in [-0.15, -0.1) is 0 Å². The molecule has 0 saturated heterocycles. The van der Waals surface area contributed by atoms with Gasteiger partial charge in [-0.25, -0.2) is 0 Å². The molecule has 1 amide bonds. The molecule has 0 aliphatic heterocycles. The number of amides is 1. The van der Waals surface area contributed by atoms with E-state index in [0.29, 0.717) is 6.61 Å². The van der Waals surface area contributed by atoms with Crippen LogP contribution in [0.25, 0.3) is 0 Å². The highest BCUT2D eigenvalue weighted by Crippen LogP contribution is 2.20. The molecule has 0 saturated carbocycles. The molecule has 0 spiro atoms. The Hall–Kier alpha value is -1.84. The lowest BCUT2D eigenvalue weighted by atomic mass is 10.1. The third-order valence-corrected chi connectivity index (χ3v) is 2.69. The quantitative estimate of drug-likeness (QED) is 0.607. The maximum absolute atomic E-state index is 11.9. The summed E-state index contributed by atoms with van der Waals surface area (Å²) in [5, 5.41) is 0. The topological polar surface area (TPSA) is 46.6 Å². The van der Waals surface area contributed by atoms with Crippen LogP contribution in [-0.4, -0.2) is 25.5 Å². The highest BCUT2D eigenvalue weighted by atomic mass is 16.5. The number of carbonyl (C=O) groups is 2. The standard InChI is InChI=1S/C14H19NO3/c1-5-18-14(17)9-13(16)15(4)12-7-6-10(2)8-11(12)3/h6-8H,5,9H2,1-4H3. The molecule has 1 aromatic rings. The van der Waals surface area contributed by atoms with Crippen molar-refractivity contribution in [3.05, 3.63) is 29.3 Å². The highest BCUT2D eigenvalue weighted by Gasteiger charge is 2.17. The molecular weight excluding hydrogens is 230 g/mol. The zero-order valence-electron chi connectivity index (χ0n) is 11.3. The molecular formula is C14H19NO3. The van der Waals surface area contributed by atoms with Gasteiger partial charge in [0.25, 0.3) is 0 Å². The smallest absolute Gasteiger partial charge is 0.315 e. The lowest BCUT2D eigenvalue weighted by Crippen LogP contribution is -2.29. The second-order valence-corrected chi connectivity index (χ2v) is 4.22. The minimum atomic E-state index is -0.487. The van der Waals surface area contributed by atoms with E-state index in [9.17, 15) is 9.59 Å². The van der Waals surface area contributed by atoms with Gasteiger partial charge in [0.15, 0.2) is 0 Å². The molecule has 1 aromatic carbocycles. The van der Waals surface area contributed by atoms with Crippen molar-refractivity contribution in [2.75, 3.05) is 18.6 Å². The van der Waals surface area contributed by atoms with Gasteiger partial charge in [0.05, 0.1) is 6.61 Å². The fourth-order valence-electron chi connectivity index (χ4n) is 1.77. The van der Waals surface area contributed by atoms with Crippen molar-refractivity contribution in [2.24, 2.45) is 0 Å². The summed E-state index contributed by atoms with van der Waals surface area (Å²) in [4.78, 5) is 24.6. The van der Waals surface area contributed by atoms with Crippen molar-refractivity contribution >= 4 is 17.6 Å². The summed E-state index contributed by atoms with van der Waals surface area (Å²) in [5.74, 6) is -0.750. The van der Waals surface area contributed by atoms with Crippen LogP contribution in [0.3, 0.4) is 0 Å². The molecule has 18 heavy (non-hydrogen) atoms. The lowest BCUT2D eigenvalue weighted by Gasteiger charge is -2.19. The second kappa shape index (κ2) is 6.19. The van der Waals surface area contributed by atoms with Crippen molar-refractivity contribution < 1.29 is 14.3 Å². The first kappa shape index (κ1) is 14.2. The number of anilines is 1. The van der Waals surface area contributed by atoms with Gasteiger partial charge in [-0.2, -0.15) is 0 Å². The number of rotatable bonds is 4. The van der Waals surface area contributed by atoms with Gasteiger partial charge in [0.2, 0.25) is 5.91 Å². The van der Waals surface area contributed by atoms with Gasteiger partial charge >= 0.3 is 5.97 Å². The number of carbonyl (C=O) groups excluding carboxylic acids is 2. The van der Waals surface area contributed by atoms with E-state index in [2.05, 4.69) is 0 Å². The molecule has 0 atom stereocenters. The number of benzene rings is 1. The Bertz CT molecular complexity index is 454. The SMILES string of the molecule is CCOC(=O)CC(=O)N(C)c1ccc(C)cc1C. The molecule has 0 heterocycles. The van der Waals surface area contributed by atoms with Crippen LogP contribution in [0.2, 0.25) is 0 Å². The predicted octanol–water partition coefficient (Wildman–Crippen LogP) is 2.22. The molecule has 0 bridgehead atoms. The summed E-state index contributed by atoms with van der Waals surface area (Å²) in [6.45, 7) is 5.95. The average molecular weight is 249 g/mol. The van der Waals surface area contributed by atoms with E-state index in [1.54, 1.807) is 14.0 Å². The summed E-state index contributed by atoms with van der Waals surface area (Å²) >= 11 is 0. The number of hydrogen-bond donors (Lipinski definition) is 0. The largest absolute Gasteiger partial charge is 0.466 e. The van der Waals surface area contributed by atoms with Gasteiger partial charge in [-0.1, -0.05) is 17.7 Å². The molecule has 0 radical (unpaired) electrons. The van der Waals surface area contributed by atoms with E-state index >= 15 is 0 Å². The zero-order chi connectivity index (χ0) is 13.7. The number of hydrogen-bond acceptors (Lipinski definition) is 3. The van der Waals surface area contributed by atoms with Crippen LogP contribution in [0.15, 0.2) is 18.2 Å². The van der Waals surface area contributed by atoms with Gasteiger partial charge in [0, 0.05) is 12.7 Å². The van der Waals surface area contributed by atoms with E-state index in [4.69, 9.17) is 4.74 Å². The van der Waals surface area contributed by atoms with Crippen molar-refractivity contribution in [3.63, 3.8) is 0 Å². The number of esters is 1. The fourth-order valence-corrected chi connectivity index (χ4v) is 1.77. The monoisotopic (exact) mass is 249 g/mol. The van der Waals surface area contributed by atoms with E-state index < -0.39 is 5.97 Å². The van der Waals surface area contributed by atoms with Crippen molar-refractivity contribution in [3.8, 4) is 0 Å². The Labute approximate surface area is 108 Å². The minimum Gasteiger partial charge on any atom is -0.466 e. The first-order valence-electron chi connectivity index (χ1n) is 5.95. The maximum atomic E-state index is 11.9. The molecule has 0 fully saturated rings. The van der Waals surface area contributed by atoms with Crippen LogP contribution >= 0.6 is 0 Å². The number of nitrogens with zero attached hydrogens (tertiary/aromatic N) is 1. The van der Waals surface area contributed by atoms with Gasteiger partial charge < -0.3 is 9.64 Å². The van der Waals surface area contributed by atoms with E-state index in [0.717, 1.165) is 16.8 Å². The third-order valence-electron chi connectivity index (χ3n) is 2.69. The third kappa shape index (κ3) is 3.58. The summed E-state index contributed by atoms with van der Waals surface area (Å²) in [6.07, 6.45) is -0.225. The second-order valence-electron chi connectivity index (χ2n) is 4.22. The summed E-state index contributed by atoms with van der Waals surface area (Å²) < 4.78 is 4.76. The molecule has 4 nitrogen and oxygen atoms in total. The lowest BCUT2D eigenvalue weighted by molar-refractivity contribution is -0.145. The van der Waals surface area contributed by atoms with Crippen molar-refractivity contribution in [2.45, 2.75) is 27.2 Å². The molecule has 4 heteroatoms. The molecule has 0 aromatic heterocycles. The molecule has 0 N–H and O–H groups in total. The summed E-state index contributed by atoms with van der Waals surface area (Å²) in [5.41, 5.74) is 2.96. The first-order chi connectivity index (χ1) is 8.45. The first-order valence-corrected chi connectivity index (χ1v) is 5.95. The predicted molar refractivity (Wildman–Crippen MR) is 70.6 cm³/mol. The minimum absolute atomic E-state index is 0.225. The van der Waals surface area contributed by atoms with Gasteiger partial charge in [-0.05, 0) is 32.4 Å². The molecule has 1 rings (SSSR count). The summed E-state index contributed by atoms with van der Waals surface area (Å²) in [6, 6.07) is 5.83. The molecule has 0 aliphatic carbocycles. The number of ether oxygens (including phenoxy) is 1. The van der Waals surface area contributed by atoms with E-state index in [-0.39, 0.29) is 12.3 Å². The maximum Gasteiger partial charge on any atom is 0.315 e. The Morgan fingerprint density at radius 3 is 2.50 bits per heavy atom. The van der Waals surface area contributed by atoms with Crippen LogP contribution in [0.5, 0.6) is 0 Å². The van der Waals surface area contributed by atoms with Crippen LogP contribution in [0.1, 0.15) is 24.5 Å². The Balaban J connectivity index is 2.77. The highest BCUT2D eigenvalue weighted by molar-refractivity contribution is 6.03.